The molecule has 0 saturated carbocycles. The molecule has 0 spiro atoms. The Morgan fingerprint density at radius 1 is 0.652 bits per heavy atom. The Hall–Kier alpha value is -4.10. The second-order valence-corrected chi connectivity index (χ2v) is 10.4. The second kappa shape index (κ2) is 15.5. The van der Waals surface area contributed by atoms with E-state index in [-0.39, 0.29) is 17.1 Å². The van der Waals surface area contributed by atoms with Crippen molar-refractivity contribution in [3.8, 4) is 17.2 Å². The number of carbonyl (C=O) groups excluding carboxylic acids is 2. The predicted molar refractivity (Wildman–Crippen MR) is 152 cm³/mol. The molecule has 2 heterocycles. The van der Waals surface area contributed by atoms with Gasteiger partial charge in [-0.2, -0.15) is 0 Å². The van der Waals surface area contributed by atoms with Gasteiger partial charge in [-0.25, -0.2) is 9.59 Å². The Bertz CT molecular complexity index is 1390. The van der Waals surface area contributed by atoms with E-state index in [1.807, 2.05) is 0 Å². The standard InChI is InChI=1S/C30H34O16/c31-16-6-1-14(2-7-16)4-9-21(33)43-13-20-24(36)26(38)28(40)30(46-20)45-18-8-3-15(11-17(18)32)5-10-22(34)42-12-19-23(35)25(37)27(39)29(41)44-19/h1-11,19-20,23-32,35-41H,12-13H2/b9-4+,10-5+/t19-,20-,23-,24-,25+,26+,27-,28-,29?,30-/m1/s1. The maximum atomic E-state index is 12.1. The van der Waals surface area contributed by atoms with E-state index < -0.39 is 92.3 Å². The molecule has 2 fully saturated rings. The summed E-state index contributed by atoms with van der Waals surface area (Å²) in [4.78, 5) is 24.2. The predicted octanol–water partition coefficient (Wildman–Crippen LogP) is -2.10. The molecule has 0 aliphatic carbocycles. The minimum absolute atomic E-state index is 0.0539. The molecule has 2 saturated heterocycles. The number of carbonyl (C=O) groups is 2. The Morgan fingerprint density at radius 3 is 1.76 bits per heavy atom. The van der Waals surface area contributed by atoms with E-state index in [4.69, 9.17) is 23.7 Å². The average Bonchev–Trinajstić information content (AvgIpc) is 3.04. The smallest absolute Gasteiger partial charge is 0.330 e. The molecule has 0 amide bonds. The van der Waals surface area contributed by atoms with Crippen LogP contribution in [0.1, 0.15) is 11.1 Å². The fourth-order valence-corrected chi connectivity index (χ4v) is 4.42. The molecule has 16 nitrogen and oxygen atoms in total. The maximum absolute atomic E-state index is 12.1. The van der Waals surface area contributed by atoms with Gasteiger partial charge in [0.25, 0.3) is 0 Å². The van der Waals surface area contributed by atoms with Gasteiger partial charge in [0.2, 0.25) is 6.29 Å². The molecule has 2 aliphatic rings. The molecular weight excluding hydrogens is 616 g/mol. The lowest BCUT2D eigenvalue weighted by atomic mass is 9.99. The molecule has 10 atom stereocenters. The number of phenols is 2. The van der Waals surface area contributed by atoms with Gasteiger partial charge in [-0.1, -0.05) is 18.2 Å². The van der Waals surface area contributed by atoms with Crippen molar-refractivity contribution in [3.05, 3.63) is 65.7 Å². The lowest BCUT2D eigenvalue weighted by Crippen LogP contribution is -2.60. The number of aromatic hydroxyl groups is 2. The van der Waals surface area contributed by atoms with Crippen molar-refractivity contribution in [2.75, 3.05) is 13.2 Å². The quantitative estimate of drug-likeness (QED) is 0.0985. The van der Waals surface area contributed by atoms with Gasteiger partial charge in [0.1, 0.15) is 67.8 Å². The number of ether oxygens (including phenoxy) is 5. The Labute approximate surface area is 261 Å². The summed E-state index contributed by atoms with van der Waals surface area (Å²) in [5.41, 5.74) is 0.892. The highest BCUT2D eigenvalue weighted by molar-refractivity contribution is 5.87. The first-order valence-corrected chi connectivity index (χ1v) is 13.9. The normalized spacial score (nSPS) is 31.5. The fourth-order valence-electron chi connectivity index (χ4n) is 4.42. The molecule has 4 rings (SSSR count). The minimum atomic E-state index is -1.79. The zero-order valence-corrected chi connectivity index (χ0v) is 23.9. The maximum Gasteiger partial charge on any atom is 0.330 e. The summed E-state index contributed by atoms with van der Waals surface area (Å²) in [6.07, 6.45) is -11.5. The van der Waals surface area contributed by atoms with Crippen LogP contribution in [-0.4, -0.2) is 133 Å². The van der Waals surface area contributed by atoms with Gasteiger partial charge in [0.05, 0.1) is 0 Å². The molecular formula is C30H34O16. The monoisotopic (exact) mass is 650 g/mol. The summed E-state index contributed by atoms with van der Waals surface area (Å²) in [5, 5.41) is 89.5. The van der Waals surface area contributed by atoms with Gasteiger partial charge in [-0.05, 0) is 47.5 Å². The molecule has 46 heavy (non-hydrogen) atoms. The molecule has 0 aromatic heterocycles. The van der Waals surface area contributed by atoms with Crippen LogP contribution in [-0.2, 0) is 28.5 Å². The highest BCUT2D eigenvalue weighted by Crippen LogP contribution is 2.32. The van der Waals surface area contributed by atoms with Crippen LogP contribution >= 0.6 is 0 Å². The van der Waals surface area contributed by atoms with Crippen molar-refractivity contribution in [2.45, 2.75) is 61.4 Å². The number of aliphatic hydroxyl groups is 7. The first-order valence-electron chi connectivity index (χ1n) is 13.9. The largest absolute Gasteiger partial charge is 0.508 e. The molecule has 16 heteroatoms. The summed E-state index contributed by atoms with van der Waals surface area (Å²) in [5.74, 6) is -2.32. The van der Waals surface area contributed by atoms with Gasteiger partial charge in [0, 0.05) is 12.2 Å². The van der Waals surface area contributed by atoms with Crippen LogP contribution in [0.2, 0.25) is 0 Å². The summed E-state index contributed by atoms with van der Waals surface area (Å²) in [6, 6.07) is 9.84. The summed E-state index contributed by atoms with van der Waals surface area (Å²) < 4.78 is 26.0. The Kier molecular flexibility index (Phi) is 11.7. The number of aliphatic hydroxyl groups excluding tert-OH is 7. The molecule has 0 bridgehead atoms. The molecule has 9 N–H and O–H groups in total. The molecule has 2 aliphatic heterocycles. The topological polar surface area (TPSA) is 262 Å². The summed E-state index contributed by atoms with van der Waals surface area (Å²) in [7, 11) is 0. The van der Waals surface area contributed by atoms with Crippen molar-refractivity contribution >= 4 is 24.1 Å². The first-order chi connectivity index (χ1) is 21.8. The molecule has 1 unspecified atom stereocenters. The third-order valence-corrected chi connectivity index (χ3v) is 7.08. The lowest BCUT2D eigenvalue weighted by molar-refractivity contribution is -0.287. The molecule has 0 radical (unpaired) electrons. The van der Waals surface area contributed by atoms with E-state index in [1.165, 1.54) is 42.5 Å². The Balaban J connectivity index is 1.29. The van der Waals surface area contributed by atoms with E-state index in [9.17, 15) is 55.5 Å². The van der Waals surface area contributed by atoms with Crippen molar-refractivity contribution < 1.29 is 79.2 Å². The zero-order chi connectivity index (χ0) is 33.5. The summed E-state index contributed by atoms with van der Waals surface area (Å²) >= 11 is 0. The van der Waals surface area contributed by atoms with E-state index in [1.54, 1.807) is 12.1 Å². The van der Waals surface area contributed by atoms with E-state index in [0.717, 1.165) is 12.2 Å². The van der Waals surface area contributed by atoms with Crippen LogP contribution in [0.15, 0.2) is 54.6 Å². The number of esters is 2. The van der Waals surface area contributed by atoms with E-state index >= 15 is 0 Å². The number of rotatable bonds is 10. The van der Waals surface area contributed by atoms with E-state index in [2.05, 4.69) is 0 Å². The van der Waals surface area contributed by atoms with Crippen molar-refractivity contribution in [3.63, 3.8) is 0 Å². The van der Waals surface area contributed by atoms with Crippen molar-refractivity contribution in [2.24, 2.45) is 0 Å². The number of hydrogen-bond acceptors (Lipinski definition) is 16. The van der Waals surface area contributed by atoms with Crippen LogP contribution in [0, 0.1) is 0 Å². The van der Waals surface area contributed by atoms with Gasteiger partial charge in [-0.3, -0.25) is 0 Å². The molecule has 2 aromatic carbocycles. The Morgan fingerprint density at radius 2 is 1.17 bits per heavy atom. The molecule has 250 valence electrons. The third-order valence-electron chi connectivity index (χ3n) is 7.08. The van der Waals surface area contributed by atoms with Crippen LogP contribution < -0.4 is 4.74 Å². The SMILES string of the molecule is O=C(/C=C/c1ccc(O)cc1)OC[C@H]1O[C@@H](Oc2ccc(/C=C/C(=O)OC[C@H]3OC(O)[C@H](O)[C@@H](O)[C@@H]3O)cc2O)[C@H](O)[C@@H](O)[C@@H]1O. The van der Waals surface area contributed by atoms with Gasteiger partial charge in [0.15, 0.2) is 17.8 Å². The van der Waals surface area contributed by atoms with E-state index in [0.29, 0.717) is 5.56 Å². The first kappa shape index (κ1) is 34.8. The minimum Gasteiger partial charge on any atom is -0.508 e. The second-order valence-electron chi connectivity index (χ2n) is 10.4. The van der Waals surface area contributed by atoms with Gasteiger partial charge >= 0.3 is 11.9 Å². The fraction of sp³-hybridized carbons (Fsp3) is 0.400. The van der Waals surface area contributed by atoms with Crippen LogP contribution in [0.4, 0.5) is 0 Å². The van der Waals surface area contributed by atoms with Crippen LogP contribution in [0.5, 0.6) is 17.2 Å². The highest BCUT2D eigenvalue weighted by atomic mass is 16.7. The average molecular weight is 651 g/mol. The lowest BCUT2D eigenvalue weighted by Gasteiger charge is -2.39. The highest BCUT2D eigenvalue weighted by Gasteiger charge is 2.46. The van der Waals surface area contributed by atoms with Gasteiger partial charge in [-0.15, -0.1) is 0 Å². The number of benzene rings is 2. The van der Waals surface area contributed by atoms with Crippen molar-refractivity contribution in [1.82, 2.24) is 0 Å². The van der Waals surface area contributed by atoms with Crippen LogP contribution in [0.25, 0.3) is 12.2 Å². The van der Waals surface area contributed by atoms with Crippen molar-refractivity contribution in [1.29, 1.82) is 0 Å². The van der Waals surface area contributed by atoms with Gasteiger partial charge < -0.3 is 69.6 Å². The molecule has 2 aromatic rings. The number of hydrogen-bond donors (Lipinski definition) is 9. The number of phenolic OH excluding ortho intramolecular Hbond substituents is 2. The zero-order valence-electron chi connectivity index (χ0n) is 23.9. The third kappa shape index (κ3) is 8.79. The summed E-state index contributed by atoms with van der Waals surface area (Å²) in [6.45, 7) is -1.07. The van der Waals surface area contributed by atoms with Crippen LogP contribution in [0.3, 0.4) is 0 Å².